The smallest absolute Gasteiger partial charge is 0.224 e. The van der Waals surface area contributed by atoms with E-state index in [9.17, 15) is 9.59 Å². The van der Waals surface area contributed by atoms with E-state index in [1.807, 2.05) is 24.3 Å². The van der Waals surface area contributed by atoms with Crippen LogP contribution in [0.15, 0.2) is 28.7 Å². The predicted molar refractivity (Wildman–Crippen MR) is 63.7 cm³/mol. The molecule has 0 aliphatic heterocycles. The largest absolute Gasteiger partial charge is 0.352 e. The third kappa shape index (κ3) is 2.50. The van der Waals surface area contributed by atoms with Gasteiger partial charge in [0.15, 0.2) is 0 Å². The zero-order valence-corrected chi connectivity index (χ0v) is 10.3. The number of ketones is 1. The Morgan fingerprint density at radius 3 is 2.69 bits per heavy atom. The number of benzene rings is 1. The Kier molecular flexibility index (Phi) is 3.39. The molecule has 84 valence electrons. The molecule has 0 radical (unpaired) electrons. The summed E-state index contributed by atoms with van der Waals surface area (Å²) in [6, 6.07) is 7.75. The number of carbonyl (C=O) groups is 2. The monoisotopic (exact) mass is 281 g/mol. The van der Waals surface area contributed by atoms with Gasteiger partial charge in [0.2, 0.25) is 5.91 Å². The normalized spacial score (nSPS) is 15.7. The fourth-order valence-corrected chi connectivity index (χ4v) is 2.07. The summed E-state index contributed by atoms with van der Waals surface area (Å²) in [6.07, 6.45) is 0.809. The van der Waals surface area contributed by atoms with Crippen LogP contribution in [0.4, 0.5) is 0 Å². The molecule has 2 rings (SSSR count). The van der Waals surface area contributed by atoms with Crippen LogP contribution in [0.1, 0.15) is 18.4 Å². The molecule has 0 atom stereocenters. The minimum absolute atomic E-state index is 0.0182. The summed E-state index contributed by atoms with van der Waals surface area (Å²) in [5.74, 6) is 0.0615. The van der Waals surface area contributed by atoms with Crippen LogP contribution in [0.3, 0.4) is 0 Å². The van der Waals surface area contributed by atoms with Gasteiger partial charge in [-0.25, -0.2) is 0 Å². The summed E-state index contributed by atoms with van der Waals surface area (Å²) in [6.45, 7) is 0.505. The van der Waals surface area contributed by atoms with Gasteiger partial charge in [-0.3, -0.25) is 9.59 Å². The van der Waals surface area contributed by atoms with Gasteiger partial charge in [-0.05, 0) is 11.6 Å². The van der Waals surface area contributed by atoms with Crippen LogP contribution in [-0.2, 0) is 16.1 Å². The first kappa shape index (κ1) is 11.3. The predicted octanol–water partition coefficient (Wildman–Crippen LogP) is 2.04. The molecule has 0 saturated heterocycles. The highest BCUT2D eigenvalue weighted by molar-refractivity contribution is 9.10. The molecule has 0 bridgehead atoms. The summed E-state index contributed by atoms with van der Waals surface area (Å²) in [5.41, 5.74) is 1.04. The summed E-state index contributed by atoms with van der Waals surface area (Å²) < 4.78 is 0.986. The van der Waals surface area contributed by atoms with Crippen molar-refractivity contribution in [2.24, 2.45) is 5.92 Å². The van der Waals surface area contributed by atoms with E-state index in [1.54, 1.807) is 0 Å². The van der Waals surface area contributed by atoms with Crippen LogP contribution < -0.4 is 5.32 Å². The fraction of sp³-hybridized carbons (Fsp3) is 0.333. The number of halogens is 1. The molecule has 1 aliphatic carbocycles. The van der Waals surface area contributed by atoms with Gasteiger partial charge in [-0.15, -0.1) is 0 Å². The van der Waals surface area contributed by atoms with E-state index in [2.05, 4.69) is 21.2 Å². The summed E-state index contributed by atoms with van der Waals surface area (Å²) >= 11 is 3.42. The molecule has 1 amide bonds. The highest BCUT2D eigenvalue weighted by Crippen LogP contribution is 2.23. The molecule has 1 saturated carbocycles. The SMILES string of the molecule is O=C1CC(C(=O)NCc2ccccc2Br)C1. The standard InChI is InChI=1S/C12H12BrNO2/c13-11-4-2-1-3-8(11)7-14-12(16)9-5-10(15)6-9/h1-4,9H,5-7H2,(H,14,16). The lowest BCUT2D eigenvalue weighted by Crippen LogP contribution is -2.38. The highest BCUT2D eigenvalue weighted by atomic mass is 79.9. The first-order chi connectivity index (χ1) is 7.66. The van der Waals surface area contributed by atoms with Gasteiger partial charge >= 0.3 is 0 Å². The molecule has 1 aromatic rings. The van der Waals surface area contributed by atoms with Gasteiger partial charge in [-0.1, -0.05) is 34.1 Å². The molecule has 0 unspecified atom stereocenters. The van der Waals surface area contributed by atoms with Crippen molar-refractivity contribution >= 4 is 27.6 Å². The Morgan fingerprint density at radius 1 is 1.38 bits per heavy atom. The average molecular weight is 282 g/mol. The van der Waals surface area contributed by atoms with E-state index >= 15 is 0 Å². The lowest BCUT2D eigenvalue weighted by atomic mass is 9.83. The van der Waals surface area contributed by atoms with E-state index < -0.39 is 0 Å². The zero-order chi connectivity index (χ0) is 11.5. The van der Waals surface area contributed by atoms with Crippen molar-refractivity contribution in [3.63, 3.8) is 0 Å². The third-order valence-electron chi connectivity index (χ3n) is 2.73. The van der Waals surface area contributed by atoms with E-state index in [-0.39, 0.29) is 17.6 Å². The van der Waals surface area contributed by atoms with E-state index in [4.69, 9.17) is 0 Å². The highest BCUT2D eigenvalue weighted by Gasteiger charge is 2.32. The fourth-order valence-electron chi connectivity index (χ4n) is 1.64. The number of hydrogen-bond acceptors (Lipinski definition) is 2. The quantitative estimate of drug-likeness (QED) is 0.922. The molecular formula is C12H12BrNO2. The zero-order valence-electron chi connectivity index (χ0n) is 8.70. The molecule has 1 aliphatic rings. The number of carbonyl (C=O) groups excluding carboxylic acids is 2. The molecule has 4 heteroatoms. The van der Waals surface area contributed by atoms with Crippen LogP contribution in [0, 0.1) is 5.92 Å². The van der Waals surface area contributed by atoms with E-state index in [0.717, 1.165) is 10.0 Å². The maximum absolute atomic E-state index is 11.6. The van der Waals surface area contributed by atoms with Crippen LogP contribution in [0.2, 0.25) is 0 Å². The van der Waals surface area contributed by atoms with Crippen LogP contribution >= 0.6 is 15.9 Å². The molecular weight excluding hydrogens is 270 g/mol. The first-order valence-electron chi connectivity index (χ1n) is 5.19. The number of rotatable bonds is 3. The molecule has 0 spiro atoms. The summed E-state index contributed by atoms with van der Waals surface area (Å²) in [4.78, 5) is 22.3. The van der Waals surface area contributed by atoms with Crippen molar-refractivity contribution in [3.8, 4) is 0 Å². The van der Waals surface area contributed by atoms with Gasteiger partial charge in [0.25, 0.3) is 0 Å². The van der Waals surface area contributed by atoms with Gasteiger partial charge < -0.3 is 5.32 Å². The Balaban J connectivity index is 1.86. The second-order valence-corrected chi connectivity index (χ2v) is 4.81. The minimum Gasteiger partial charge on any atom is -0.352 e. The van der Waals surface area contributed by atoms with Crippen molar-refractivity contribution in [2.45, 2.75) is 19.4 Å². The van der Waals surface area contributed by atoms with Crippen LogP contribution in [-0.4, -0.2) is 11.7 Å². The molecule has 1 N–H and O–H groups in total. The number of amides is 1. The molecule has 16 heavy (non-hydrogen) atoms. The Hall–Kier alpha value is -1.16. The third-order valence-corrected chi connectivity index (χ3v) is 3.50. The number of Topliss-reactive ketones (excluding diaryl/α,β-unsaturated/α-hetero) is 1. The van der Waals surface area contributed by atoms with Gasteiger partial charge in [-0.2, -0.15) is 0 Å². The number of hydrogen-bond donors (Lipinski definition) is 1. The molecule has 0 aromatic heterocycles. The summed E-state index contributed by atoms with van der Waals surface area (Å²) in [7, 11) is 0. The van der Waals surface area contributed by atoms with Crippen LogP contribution in [0.25, 0.3) is 0 Å². The number of nitrogens with one attached hydrogen (secondary N) is 1. The van der Waals surface area contributed by atoms with Gasteiger partial charge in [0.05, 0.1) is 5.92 Å². The first-order valence-corrected chi connectivity index (χ1v) is 5.99. The maximum atomic E-state index is 11.6. The van der Waals surface area contributed by atoms with Gasteiger partial charge in [0.1, 0.15) is 5.78 Å². The lowest BCUT2D eigenvalue weighted by Gasteiger charge is -2.22. The summed E-state index contributed by atoms with van der Waals surface area (Å²) in [5, 5.41) is 2.84. The minimum atomic E-state index is -0.102. The van der Waals surface area contributed by atoms with E-state index in [0.29, 0.717) is 19.4 Å². The van der Waals surface area contributed by atoms with Crippen molar-refractivity contribution in [3.05, 3.63) is 34.3 Å². The average Bonchev–Trinajstić information content (AvgIpc) is 2.23. The molecule has 1 aromatic carbocycles. The Bertz CT molecular complexity index is 423. The Morgan fingerprint density at radius 2 is 2.06 bits per heavy atom. The molecule has 0 heterocycles. The molecule has 1 fully saturated rings. The van der Waals surface area contributed by atoms with Crippen molar-refractivity contribution in [1.82, 2.24) is 5.32 Å². The van der Waals surface area contributed by atoms with Gasteiger partial charge in [0, 0.05) is 23.9 Å². The molecule has 3 nitrogen and oxygen atoms in total. The van der Waals surface area contributed by atoms with Crippen LogP contribution in [0.5, 0.6) is 0 Å². The Labute approximate surface area is 102 Å². The van der Waals surface area contributed by atoms with E-state index in [1.165, 1.54) is 0 Å². The lowest BCUT2D eigenvalue weighted by molar-refractivity contribution is -0.138. The topological polar surface area (TPSA) is 46.2 Å². The van der Waals surface area contributed by atoms with Crippen molar-refractivity contribution in [1.29, 1.82) is 0 Å². The maximum Gasteiger partial charge on any atom is 0.224 e. The second kappa shape index (κ2) is 4.78. The van der Waals surface area contributed by atoms with Crippen molar-refractivity contribution in [2.75, 3.05) is 0 Å². The van der Waals surface area contributed by atoms with Crippen molar-refractivity contribution < 1.29 is 9.59 Å². The second-order valence-electron chi connectivity index (χ2n) is 3.95.